The van der Waals surface area contributed by atoms with E-state index in [1.807, 2.05) is 17.7 Å². The maximum atomic E-state index is 13.1. The third-order valence-electron chi connectivity index (χ3n) is 2.65. The van der Waals surface area contributed by atoms with Gasteiger partial charge in [0.25, 0.3) is 0 Å². The van der Waals surface area contributed by atoms with Crippen molar-refractivity contribution >= 4 is 10.9 Å². The van der Waals surface area contributed by atoms with E-state index in [2.05, 4.69) is 0 Å². The van der Waals surface area contributed by atoms with Crippen molar-refractivity contribution in [1.29, 1.82) is 0 Å². The summed E-state index contributed by atoms with van der Waals surface area (Å²) in [5.74, 6) is -0.217. The van der Waals surface area contributed by atoms with Crippen molar-refractivity contribution in [3.63, 3.8) is 0 Å². The SMILES string of the molecule is CCn1cc(CCO)c2ccc(F)cc21. The van der Waals surface area contributed by atoms with E-state index in [-0.39, 0.29) is 12.4 Å². The summed E-state index contributed by atoms with van der Waals surface area (Å²) in [6, 6.07) is 4.78. The molecule has 1 heterocycles. The summed E-state index contributed by atoms with van der Waals surface area (Å²) in [4.78, 5) is 0. The monoisotopic (exact) mass is 207 g/mol. The van der Waals surface area contributed by atoms with Crippen LogP contribution in [-0.4, -0.2) is 16.3 Å². The first kappa shape index (κ1) is 10.2. The minimum Gasteiger partial charge on any atom is -0.396 e. The lowest BCUT2D eigenvalue weighted by Gasteiger charge is -1.99. The van der Waals surface area contributed by atoms with Crippen LogP contribution in [0.4, 0.5) is 4.39 Å². The number of hydrogen-bond donors (Lipinski definition) is 1. The topological polar surface area (TPSA) is 25.2 Å². The van der Waals surface area contributed by atoms with Crippen molar-refractivity contribution in [2.24, 2.45) is 0 Å². The Kier molecular flexibility index (Phi) is 2.73. The van der Waals surface area contributed by atoms with Gasteiger partial charge < -0.3 is 9.67 Å². The number of aliphatic hydroxyl groups is 1. The van der Waals surface area contributed by atoms with E-state index in [1.54, 1.807) is 12.1 Å². The van der Waals surface area contributed by atoms with Crippen LogP contribution >= 0.6 is 0 Å². The molecule has 0 unspecified atom stereocenters. The summed E-state index contributed by atoms with van der Waals surface area (Å²) in [5.41, 5.74) is 1.98. The average molecular weight is 207 g/mol. The van der Waals surface area contributed by atoms with Gasteiger partial charge in [0.15, 0.2) is 0 Å². The molecular weight excluding hydrogens is 193 g/mol. The first-order valence-electron chi connectivity index (χ1n) is 5.14. The molecule has 2 rings (SSSR count). The molecular formula is C12H14FNO. The zero-order chi connectivity index (χ0) is 10.8. The fourth-order valence-electron chi connectivity index (χ4n) is 1.92. The fraction of sp³-hybridized carbons (Fsp3) is 0.333. The average Bonchev–Trinajstić information content (AvgIpc) is 2.56. The molecule has 0 amide bonds. The fourth-order valence-corrected chi connectivity index (χ4v) is 1.92. The van der Waals surface area contributed by atoms with Crippen molar-refractivity contribution in [3.05, 3.63) is 35.8 Å². The Morgan fingerprint density at radius 2 is 2.20 bits per heavy atom. The van der Waals surface area contributed by atoms with Gasteiger partial charge in [0.05, 0.1) is 5.52 Å². The highest BCUT2D eigenvalue weighted by molar-refractivity contribution is 5.84. The molecule has 0 saturated heterocycles. The molecule has 0 aliphatic heterocycles. The van der Waals surface area contributed by atoms with Gasteiger partial charge >= 0.3 is 0 Å². The van der Waals surface area contributed by atoms with Crippen LogP contribution in [0.25, 0.3) is 10.9 Å². The molecule has 0 bridgehead atoms. The standard InChI is InChI=1S/C12H14FNO/c1-2-14-8-9(5-6-15)11-4-3-10(13)7-12(11)14/h3-4,7-8,15H,2,5-6H2,1H3. The van der Waals surface area contributed by atoms with E-state index in [9.17, 15) is 4.39 Å². The van der Waals surface area contributed by atoms with Crippen LogP contribution in [0.1, 0.15) is 12.5 Å². The highest BCUT2D eigenvalue weighted by Crippen LogP contribution is 2.22. The molecule has 1 N–H and O–H groups in total. The zero-order valence-electron chi connectivity index (χ0n) is 8.70. The lowest BCUT2D eigenvalue weighted by molar-refractivity contribution is 0.300. The second-order valence-corrected chi connectivity index (χ2v) is 3.58. The van der Waals surface area contributed by atoms with Crippen LogP contribution < -0.4 is 0 Å². The Hall–Kier alpha value is -1.35. The number of benzene rings is 1. The highest BCUT2D eigenvalue weighted by Gasteiger charge is 2.07. The smallest absolute Gasteiger partial charge is 0.125 e. The molecule has 0 aliphatic rings. The van der Waals surface area contributed by atoms with Gasteiger partial charge in [0, 0.05) is 24.7 Å². The molecule has 2 aromatic rings. The third kappa shape index (κ3) is 1.75. The Labute approximate surface area is 88.0 Å². The molecule has 0 spiro atoms. The van der Waals surface area contributed by atoms with Crippen LogP contribution in [0.15, 0.2) is 24.4 Å². The second kappa shape index (κ2) is 4.03. The maximum Gasteiger partial charge on any atom is 0.125 e. The molecule has 15 heavy (non-hydrogen) atoms. The van der Waals surface area contributed by atoms with Crippen molar-refractivity contribution in [2.75, 3.05) is 6.61 Å². The van der Waals surface area contributed by atoms with E-state index in [4.69, 9.17) is 5.11 Å². The number of rotatable bonds is 3. The highest BCUT2D eigenvalue weighted by atomic mass is 19.1. The molecule has 1 aromatic heterocycles. The van der Waals surface area contributed by atoms with Gasteiger partial charge in [0.1, 0.15) is 5.82 Å². The quantitative estimate of drug-likeness (QED) is 0.821. The van der Waals surface area contributed by atoms with Crippen LogP contribution in [0.2, 0.25) is 0 Å². The van der Waals surface area contributed by atoms with Crippen LogP contribution in [-0.2, 0) is 13.0 Å². The van der Waals surface area contributed by atoms with Gasteiger partial charge in [-0.3, -0.25) is 0 Å². The number of aromatic nitrogens is 1. The van der Waals surface area contributed by atoms with Gasteiger partial charge in [-0.05, 0) is 37.1 Å². The van der Waals surface area contributed by atoms with Gasteiger partial charge in [0.2, 0.25) is 0 Å². The summed E-state index contributed by atoms with van der Waals surface area (Å²) in [7, 11) is 0. The predicted octanol–water partition coefficient (Wildman–Crippen LogP) is 2.34. The number of aliphatic hydroxyl groups excluding tert-OH is 1. The molecule has 2 nitrogen and oxygen atoms in total. The van der Waals surface area contributed by atoms with E-state index in [1.165, 1.54) is 6.07 Å². The van der Waals surface area contributed by atoms with E-state index >= 15 is 0 Å². The Balaban J connectivity index is 2.64. The van der Waals surface area contributed by atoms with E-state index < -0.39 is 0 Å². The van der Waals surface area contributed by atoms with Crippen LogP contribution in [0, 0.1) is 5.82 Å². The van der Waals surface area contributed by atoms with E-state index in [0.29, 0.717) is 6.42 Å². The third-order valence-corrected chi connectivity index (χ3v) is 2.65. The summed E-state index contributed by atoms with van der Waals surface area (Å²) in [6.07, 6.45) is 2.61. The number of hydrogen-bond acceptors (Lipinski definition) is 1. The molecule has 0 aliphatic carbocycles. The molecule has 3 heteroatoms. The number of fused-ring (bicyclic) bond motifs is 1. The first-order valence-corrected chi connectivity index (χ1v) is 5.14. The molecule has 1 aromatic carbocycles. The summed E-state index contributed by atoms with van der Waals surface area (Å²) in [6.45, 7) is 2.96. The first-order chi connectivity index (χ1) is 7.26. The Morgan fingerprint density at radius 3 is 2.87 bits per heavy atom. The van der Waals surface area contributed by atoms with Crippen LogP contribution in [0.5, 0.6) is 0 Å². The number of aryl methyl sites for hydroxylation is 1. The van der Waals surface area contributed by atoms with Gasteiger partial charge in [-0.25, -0.2) is 4.39 Å². The van der Waals surface area contributed by atoms with Crippen molar-refractivity contribution in [2.45, 2.75) is 19.9 Å². The molecule has 0 fully saturated rings. The molecule has 0 radical (unpaired) electrons. The van der Waals surface area contributed by atoms with Crippen LogP contribution in [0.3, 0.4) is 0 Å². The minimum atomic E-state index is -0.217. The van der Waals surface area contributed by atoms with E-state index in [0.717, 1.165) is 23.0 Å². The van der Waals surface area contributed by atoms with Crippen molar-refractivity contribution in [3.8, 4) is 0 Å². The minimum absolute atomic E-state index is 0.125. The zero-order valence-corrected chi connectivity index (χ0v) is 8.70. The molecule has 0 saturated carbocycles. The summed E-state index contributed by atoms with van der Waals surface area (Å²) < 4.78 is 15.1. The normalized spacial score (nSPS) is 11.1. The Bertz CT molecular complexity index is 476. The van der Waals surface area contributed by atoms with Crippen molar-refractivity contribution in [1.82, 2.24) is 4.57 Å². The molecule has 0 atom stereocenters. The Morgan fingerprint density at radius 1 is 1.40 bits per heavy atom. The number of halogens is 1. The largest absolute Gasteiger partial charge is 0.396 e. The van der Waals surface area contributed by atoms with Gasteiger partial charge in [-0.2, -0.15) is 0 Å². The number of nitrogens with zero attached hydrogens (tertiary/aromatic N) is 1. The summed E-state index contributed by atoms with van der Waals surface area (Å²) >= 11 is 0. The maximum absolute atomic E-state index is 13.1. The van der Waals surface area contributed by atoms with Gasteiger partial charge in [-0.15, -0.1) is 0 Å². The lowest BCUT2D eigenvalue weighted by atomic mass is 10.1. The second-order valence-electron chi connectivity index (χ2n) is 3.58. The predicted molar refractivity (Wildman–Crippen MR) is 58.4 cm³/mol. The lowest BCUT2D eigenvalue weighted by Crippen LogP contribution is -1.91. The molecule has 80 valence electrons. The van der Waals surface area contributed by atoms with Gasteiger partial charge in [-0.1, -0.05) is 0 Å². The van der Waals surface area contributed by atoms with Crippen molar-refractivity contribution < 1.29 is 9.50 Å². The summed E-state index contributed by atoms with van der Waals surface area (Å²) in [5, 5.41) is 9.97.